The highest BCUT2D eigenvalue weighted by molar-refractivity contribution is 5.90. The van der Waals surface area contributed by atoms with E-state index in [4.69, 9.17) is 0 Å². The number of benzene rings is 2. The molecule has 4 rings (SSSR count). The Balaban J connectivity index is 1.64. The van der Waals surface area contributed by atoms with Crippen LogP contribution in [0.2, 0.25) is 0 Å². The maximum absolute atomic E-state index is 13.8. The summed E-state index contributed by atoms with van der Waals surface area (Å²) in [5.41, 5.74) is 2.39. The number of halogens is 2. The summed E-state index contributed by atoms with van der Waals surface area (Å²) < 4.78 is 27.7. The molecule has 0 saturated carbocycles. The normalized spacial score (nSPS) is 16.3. The first-order valence-corrected chi connectivity index (χ1v) is 10.4. The maximum atomic E-state index is 13.8. The Labute approximate surface area is 185 Å². The van der Waals surface area contributed by atoms with E-state index in [2.05, 4.69) is 4.98 Å². The van der Waals surface area contributed by atoms with Gasteiger partial charge in [0.15, 0.2) is 0 Å². The molecule has 1 fully saturated rings. The number of carbonyl (C=O) groups excluding carboxylic acids is 2. The van der Waals surface area contributed by atoms with E-state index in [9.17, 15) is 18.4 Å². The van der Waals surface area contributed by atoms with Crippen molar-refractivity contribution in [3.63, 3.8) is 0 Å². The third-order valence-electron chi connectivity index (χ3n) is 5.70. The van der Waals surface area contributed by atoms with Crippen LogP contribution in [0.15, 0.2) is 66.9 Å². The Kier molecular flexibility index (Phi) is 6.25. The molecule has 1 saturated heterocycles. The van der Waals surface area contributed by atoms with Crippen LogP contribution in [-0.2, 0) is 22.4 Å². The summed E-state index contributed by atoms with van der Waals surface area (Å²) in [4.78, 5) is 33.6. The third kappa shape index (κ3) is 4.66. The standard InChI is InChI=1S/C25H23F2N3O2/c1-29-10-11-30(24(31)16-21-7-4-5-9-28-21)23(25(29)32)14-17-6-2-3-8-22(17)18-12-19(26)15-20(27)13-18/h2-9,12-13,15,23H,10-11,14,16H2,1H3/t23-/m0/s1. The van der Waals surface area contributed by atoms with Gasteiger partial charge in [-0.2, -0.15) is 0 Å². The number of pyridine rings is 1. The fourth-order valence-corrected chi connectivity index (χ4v) is 4.06. The Hall–Kier alpha value is -3.61. The number of hydrogen-bond donors (Lipinski definition) is 0. The molecule has 0 radical (unpaired) electrons. The molecule has 2 heterocycles. The van der Waals surface area contributed by atoms with E-state index >= 15 is 0 Å². The van der Waals surface area contributed by atoms with Crippen LogP contribution < -0.4 is 0 Å². The van der Waals surface area contributed by atoms with Gasteiger partial charge in [-0.1, -0.05) is 30.3 Å². The van der Waals surface area contributed by atoms with Crippen LogP contribution >= 0.6 is 0 Å². The number of likely N-dealkylation sites (N-methyl/N-ethyl adjacent to an activating group) is 1. The summed E-state index contributed by atoms with van der Waals surface area (Å²) in [7, 11) is 1.71. The summed E-state index contributed by atoms with van der Waals surface area (Å²) in [5.74, 6) is -1.68. The van der Waals surface area contributed by atoms with Crippen LogP contribution in [0.1, 0.15) is 11.3 Å². The maximum Gasteiger partial charge on any atom is 0.245 e. The molecule has 5 nitrogen and oxygen atoms in total. The van der Waals surface area contributed by atoms with Gasteiger partial charge in [-0.15, -0.1) is 0 Å². The predicted molar refractivity (Wildman–Crippen MR) is 117 cm³/mol. The second kappa shape index (κ2) is 9.26. The van der Waals surface area contributed by atoms with Gasteiger partial charge in [0.05, 0.1) is 6.42 Å². The number of carbonyl (C=O) groups is 2. The second-order valence-electron chi connectivity index (χ2n) is 7.88. The van der Waals surface area contributed by atoms with Crippen molar-refractivity contribution in [3.8, 4) is 11.1 Å². The van der Waals surface area contributed by atoms with Gasteiger partial charge in [-0.05, 0) is 41.0 Å². The first kappa shape index (κ1) is 21.6. The van der Waals surface area contributed by atoms with Gasteiger partial charge in [-0.25, -0.2) is 8.78 Å². The highest BCUT2D eigenvalue weighted by Crippen LogP contribution is 2.28. The molecule has 1 aliphatic heterocycles. The summed E-state index contributed by atoms with van der Waals surface area (Å²) in [5, 5.41) is 0. The summed E-state index contributed by atoms with van der Waals surface area (Å²) in [6.45, 7) is 0.857. The lowest BCUT2D eigenvalue weighted by atomic mass is 9.93. The van der Waals surface area contributed by atoms with Gasteiger partial charge in [-0.3, -0.25) is 14.6 Å². The van der Waals surface area contributed by atoms with Gasteiger partial charge in [0, 0.05) is 44.5 Å². The highest BCUT2D eigenvalue weighted by Gasteiger charge is 2.36. The summed E-state index contributed by atoms with van der Waals surface area (Å²) in [6.07, 6.45) is 1.97. The molecule has 0 bridgehead atoms. The van der Waals surface area contributed by atoms with E-state index in [1.54, 1.807) is 47.3 Å². The van der Waals surface area contributed by atoms with Crippen LogP contribution in [0, 0.1) is 11.6 Å². The minimum Gasteiger partial charge on any atom is -0.342 e. The van der Waals surface area contributed by atoms with Crippen molar-refractivity contribution in [1.29, 1.82) is 0 Å². The molecule has 0 N–H and O–H groups in total. The second-order valence-corrected chi connectivity index (χ2v) is 7.88. The average molecular weight is 435 g/mol. The number of rotatable bonds is 5. The molecule has 1 aliphatic rings. The van der Waals surface area contributed by atoms with Crippen molar-refractivity contribution in [1.82, 2.24) is 14.8 Å². The van der Waals surface area contributed by atoms with Crippen LogP contribution in [0.3, 0.4) is 0 Å². The minimum atomic E-state index is -0.704. The lowest BCUT2D eigenvalue weighted by Crippen LogP contribution is -2.58. The molecule has 164 valence electrons. The van der Waals surface area contributed by atoms with E-state index in [0.29, 0.717) is 29.9 Å². The van der Waals surface area contributed by atoms with Crippen LogP contribution in [0.5, 0.6) is 0 Å². The quantitative estimate of drug-likeness (QED) is 0.617. The van der Waals surface area contributed by atoms with Crippen molar-refractivity contribution in [2.45, 2.75) is 18.9 Å². The number of aromatic nitrogens is 1. The summed E-state index contributed by atoms with van der Waals surface area (Å²) >= 11 is 0. The fourth-order valence-electron chi connectivity index (χ4n) is 4.06. The Morgan fingerprint density at radius 1 is 1.03 bits per heavy atom. The monoisotopic (exact) mass is 435 g/mol. The van der Waals surface area contributed by atoms with Gasteiger partial charge in [0.1, 0.15) is 17.7 Å². The molecule has 7 heteroatoms. The van der Waals surface area contributed by atoms with Gasteiger partial charge in [0.25, 0.3) is 0 Å². The Morgan fingerprint density at radius 2 is 1.75 bits per heavy atom. The molecular weight excluding hydrogens is 412 g/mol. The highest BCUT2D eigenvalue weighted by atomic mass is 19.1. The van der Waals surface area contributed by atoms with Crippen molar-refractivity contribution < 1.29 is 18.4 Å². The largest absolute Gasteiger partial charge is 0.342 e. The molecule has 0 aliphatic carbocycles. The number of nitrogens with zero attached hydrogens (tertiary/aromatic N) is 3. The molecule has 32 heavy (non-hydrogen) atoms. The summed E-state index contributed by atoms with van der Waals surface area (Å²) in [6, 6.07) is 15.2. The molecule has 3 aromatic rings. The van der Waals surface area contributed by atoms with E-state index in [1.807, 2.05) is 18.2 Å². The minimum absolute atomic E-state index is 0.102. The molecular formula is C25H23F2N3O2. The van der Waals surface area contributed by atoms with Crippen molar-refractivity contribution in [2.75, 3.05) is 20.1 Å². The lowest BCUT2D eigenvalue weighted by molar-refractivity contribution is -0.149. The smallest absolute Gasteiger partial charge is 0.245 e. The van der Waals surface area contributed by atoms with E-state index < -0.39 is 17.7 Å². The molecule has 0 unspecified atom stereocenters. The number of hydrogen-bond acceptors (Lipinski definition) is 3. The average Bonchev–Trinajstić information content (AvgIpc) is 2.77. The van der Waals surface area contributed by atoms with E-state index in [0.717, 1.165) is 11.6 Å². The zero-order valence-electron chi connectivity index (χ0n) is 17.7. The van der Waals surface area contributed by atoms with Crippen LogP contribution in [-0.4, -0.2) is 52.8 Å². The molecule has 1 atom stereocenters. The SMILES string of the molecule is CN1CCN(C(=O)Cc2ccccn2)[C@@H](Cc2ccccc2-c2cc(F)cc(F)c2)C1=O. The van der Waals surface area contributed by atoms with E-state index in [1.165, 1.54) is 12.1 Å². The third-order valence-corrected chi connectivity index (χ3v) is 5.70. The first-order chi connectivity index (χ1) is 15.4. The zero-order valence-corrected chi connectivity index (χ0v) is 17.7. The molecule has 0 spiro atoms. The predicted octanol–water partition coefficient (Wildman–Crippen LogP) is 3.48. The van der Waals surface area contributed by atoms with Gasteiger partial charge < -0.3 is 9.80 Å². The molecule has 1 aromatic heterocycles. The van der Waals surface area contributed by atoms with Gasteiger partial charge in [0.2, 0.25) is 11.8 Å². The van der Waals surface area contributed by atoms with Crippen LogP contribution in [0.4, 0.5) is 8.78 Å². The lowest BCUT2D eigenvalue weighted by Gasteiger charge is -2.39. The zero-order chi connectivity index (χ0) is 22.7. The topological polar surface area (TPSA) is 53.5 Å². The van der Waals surface area contributed by atoms with E-state index in [-0.39, 0.29) is 24.7 Å². The van der Waals surface area contributed by atoms with Crippen molar-refractivity contribution >= 4 is 11.8 Å². The molecule has 2 aromatic carbocycles. The number of piperazine rings is 1. The first-order valence-electron chi connectivity index (χ1n) is 10.4. The van der Waals surface area contributed by atoms with Crippen molar-refractivity contribution in [2.24, 2.45) is 0 Å². The van der Waals surface area contributed by atoms with Crippen molar-refractivity contribution in [3.05, 3.63) is 89.8 Å². The Morgan fingerprint density at radius 3 is 2.47 bits per heavy atom. The number of amides is 2. The molecule has 2 amide bonds. The van der Waals surface area contributed by atoms with Crippen LogP contribution in [0.25, 0.3) is 11.1 Å². The Bertz CT molecular complexity index is 1120. The fraction of sp³-hybridized carbons (Fsp3) is 0.240. The van der Waals surface area contributed by atoms with Gasteiger partial charge >= 0.3 is 0 Å².